The molecule has 0 unspecified atom stereocenters. The molecule has 0 saturated carbocycles. The van der Waals surface area contributed by atoms with E-state index in [4.69, 9.17) is 5.26 Å². The number of carbonyl (C=O) groups excluding carboxylic acids is 1. The number of amides is 1. The fourth-order valence-electron chi connectivity index (χ4n) is 4.21. The van der Waals surface area contributed by atoms with Crippen molar-refractivity contribution in [2.45, 2.75) is 12.7 Å². The van der Waals surface area contributed by atoms with Crippen molar-refractivity contribution < 1.29 is 18.0 Å². The highest BCUT2D eigenvalue weighted by Crippen LogP contribution is 2.34. The highest BCUT2D eigenvalue weighted by molar-refractivity contribution is 8.18. The van der Waals surface area contributed by atoms with Crippen LogP contribution in [0.4, 0.5) is 13.2 Å². The summed E-state index contributed by atoms with van der Waals surface area (Å²) in [5.74, 6) is -0.273. The molecule has 3 heterocycles. The number of likely N-dealkylation sites (N-methyl/N-ethyl adjacent to an activating group) is 1. The Morgan fingerprint density at radius 3 is 2.64 bits per heavy atom. The molecular weight excluding hydrogens is 489 g/mol. The SMILES string of the molecule is CN1CCN(C2=NC(=O)/C(=C\c3ccc4c(cnn4Cc4ccc(C#N)cc4C(F)(F)F)c3)S2)CC1. The summed E-state index contributed by atoms with van der Waals surface area (Å²) in [7, 11) is 2.06. The van der Waals surface area contributed by atoms with E-state index in [9.17, 15) is 18.0 Å². The zero-order chi connectivity index (χ0) is 25.4. The number of carbonyl (C=O) groups is 1. The van der Waals surface area contributed by atoms with E-state index in [2.05, 4.69) is 26.9 Å². The number of aromatic nitrogens is 2. The summed E-state index contributed by atoms with van der Waals surface area (Å²) in [5.41, 5.74) is 0.573. The van der Waals surface area contributed by atoms with E-state index in [0.29, 0.717) is 10.4 Å². The second kappa shape index (κ2) is 9.44. The van der Waals surface area contributed by atoms with E-state index < -0.39 is 11.7 Å². The van der Waals surface area contributed by atoms with Gasteiger partial charge in [-0.15, -0.1) is 0 Å². The molecule has 1 aromatic heterocycles. The largest absolute Gasteiger partial charge is 0.416 e. The van der Waals surface area contributed by atoms with Gasteiger partial charge in [-0.2, -0.15) is 28.5 Å². The van der Waals surface area contributed by atoms with Gasteiger partial charge in [-0.1, -0.05) is 12.1 Å². The number of fused-ring (bicyclic) bond motifs is 1. The first kappa shape index (κ1) is 24.1. The van der Waals surface area contributed by atoms with Gasteiger partial charge in [-0.05, 0) is 60.3 Å². The number of nitrogens with zero attached hydrogens (tertiary/aromatic N) is 6. The molecule has 2 aromatic carbocycles. The summed E-state index contributed by atoms with van der Waals surface area (Å²) in [6.07, 6.45) is -1.22. The lowest BCUT2D eigenvalue weighted by molar-refractivity contribution is -0.138. The van der Waals surface area contributed by atoms with Crippen molar-refractivity contribution in [1.29, 1.82) is 5.26 Å². The molecule has 1 fully saturated rings. The summed E-state index contributed by atoms with van der Waals surface area (Å²) in [5, 5.41) is 14.7. The van der Waals surface area contributed by atoms with Crippen LogP contribution in [-0.4, -0.2) is 63.9 Å². The Balaban J connectivity index is 1.36. The molecule has 0 aliphatic carbocycles. The van der Waals surface area contributed by atoms with Gasteiger partial charge < -0.3 is 9.80 Å². The van der Waals surface area contributed by atoms with Gasteiger partial charge in [0, 0.05) is 31.6 Å². The molecule has 0 radical (unpaired) electrons. The minimum atomic E-state index is -4.58. The van der Waals surface area contributed by atoms with Crippen LogP contribution in [-0.2, 0) is 17.5 Å². The smallest absolute Gasteiger partial charge is 0.348 e. The van der Waals surface area contributed by atoms with Gasteiger partial charge in [0.05, 0.1) is 40.4 Å². The third-order valence-electron chi connectivity index (χ3n) is 6.21. The van der Waals surface area contributed by atoms with Crippen LogP contribution in [0, 0.1) is 11.3 Å². The number of hydrogen-bond donors (Lipinski definition) is 0. The molecule has 11 heteroatoms. The molecule has 184 valence electrons. The molecule has 1 saturated heterocycles. The minimum Gasteiger partial charge on any atom is -0.348 e. The van der Waals surface area contributed by atoms with Crippen molar-refractivity contribution >= 4 is 39.8 Å². The number of halogens is 3. The molecule has 0 spiro atoms. The lowest BCUT2D eigenvalue weighted by Gasteiger charge is -2.32. The first-order valence-electron chi connectivity index (χ1n) is 11.2. The van der Waals surface area contributed by atoms with Crippen LogP contribution in [0.3, 0.4) is 0 Å². The van der Waals surface area contributed by atoms with Gasteiger partial charge >= 0.3 is 6.18 Å². The van der Waals surface area contributed by atoms with Crippen molar-refractivity contribution in [2.24, 2.45) is 4.99 Å². The van der Waals surface area contributed by atoms with Crippen LogP contribution >= 0.6 is 11.8 Å². The molecule has 5 rings (SSSR count). The summed E-state index contributed by atoms with van der Waals surface area (Å²) in [6, 6.07) is 10.7. The van der Waals surface area contributed by atoms with Gasteiger partial charge in [0.25, 0.3) is 5.91 Å². The fraction of sp³-hybridized carbons (Fsp3) is 0.280. The number of nitriles is 1. The Labute approximate surface area is 209 Å². The van der Waals surface area contributed by atoms with Crippen LogP contribution in [0.1, 0.15) is 22.3 Å². The second-order valence-electron chi connectivity index (χ2n) is 8.70. The van der Waals surface area contributed by atoms with Gasteiger partial charge in [0.2, 0.25) is 0 Å². The van der Waals surface area contributed by atoms with Crippen molar-refractivity contribution in [3.05, 3.63) is 69.8 Å². The van der Waals surface area contributed by atoms with Crippen molar-refractivity contribution in [2.75, 3.05) is 33.2 Å². The van der Waals surface area contributed by atoms with E-state index in [-0.39, 0.29) is 23.6 Å². The van der Waals surface area contributed by atoms with Gasteiger partial charge in [-0.3, -0.25) is 9.48 Å². The molecule has 2 aliphatic rings. The Morgan fingerprint density at radius 1 is 1.14 bits per heavy atom. The number of benzene rings is 2. The normalized spacial score (nSPS) is 18.2. The Kier molecular flexibility index (Phi) is 6.32. The van der Waals surface area contributed by atoms with E-state index in [0.717, 1.165) is 48.4 Å². The number of alkyl halides is 3. The third-order valence-corrected chi connectivity index (χ3v) is 7.26. The summed E-state index contributed by atoms with van der Waals surface area (Å²) in [4.78, 5) is 21.6. The maximum Gasteiger partial charge on any atom is 0.416 e. The van der Waals surface area contributed by atoms with Gasteiger partial charge in [-0.25, -0.2) is 0 Å². The Morgan fingerprint density at radius 2 is 1.92 bits per heavy atom. The number of amidine groups is 1. The Hall–Kier alpha value is -3.62. The molecular formula is C25H21F3N6OS. The standard InChI is InChI=1S/C25H21F3N6OS/c1-32-6-8-33(9-7-32)24-31-23(35)22(36-24)12-16-3-5-21-19(10-16)14-30-34(21)15-18-4-2-17(13-29)11-20(18)25(26,27)28/h2-5,10-12,14H,6-9,15H2,1H3/b22-12+. The fourth-order valence-corrected chi connectivity index (χ4v) is 5.18. The Bertz CT molecular complexity index is 1440. The average Bonchev–Trinajstić information content (AvgIpc) is 3.42. The lowest BCUT2D eigenvalue weighted by Crippen LogP contribution is -2.46. The molecule has 36 heavy (non-hydrogen) atoms. The van der Waals surface area contributed by atoms with Crippen LogP contribution in [0.15, 0.2) is 52.5 Å². The average molecular weight is 511 g/mol. The summed E-state index contributed by atoms with van der Waals surface area (Å²) < 4.78 is 42.2. The predicted molar refractivity (Wildman–Crippen MR) is 132 cm³/mol. The molecule has 0 N–H and O–H groups in total. The summed E-state index contributed by atoms with van der Waals surface area (Å²) in [6.45, 7) is 3.38. The molecule has 0 bridgehead atoms. The third kappa shape index (κ3) is 4.87. The molecule has 3 aromatic rings. The minimum absolute atomic E-state index is 0.0271. The van der Waals surface area contributed by atoms with E-state index in [1.165, 1.54) is 28.6 Å². The van der Waals surface area contributed by atoms with Crippen LogP contribution < -0.4 is 0 Å². The number of thioether (sulfide) groups is 1. The van der Waals surface area contributed by atoms with Gasteiger partial charge in [0.1, 0.15) is 0 Å². The van der Waals surface area contributed by atoms with Crippen molar-refractivity contribution in [1.82, 2.24) is 19.6 Å². The number of piperazine rings is 1. The number of aliphatic imine (C=N–C) groups is 1. The van der Waals surface area contributed by atoms with Crippen LogP contribution in [0.5, 0.6) is 0 Å². The first-order valence-corrected chi connectivity index (χ1v) is 12.0. The maximum absolute atomic E-state index is 13.6. The predicted octanol–water partition coefficient (Wildman–Crippen LogP) is 4.19. The first-order chi connectivity index (χ1) is 17.2. The van der Waals surface area contributed by atoms with Crippen molar-refractivity contribution in [3.63, 3.8) is 0 Å². The van der Waals surface area contributed by atoms with Crippen molar-refractivity contribution in [3.8, 4) is 6.07 Å². The zero-order valence-corrected chi connectivity index (χ0v) is 20.1. The van der Waals surface area contributed by atoms with Crippen LogP contribution in [0.25, 0.3) is 17.0 Å². The number of hydrogen-bond acceptors (Lipinski definition) is 6. The molecule has 7 nitrogen and oxygen atoms in total. The highest BCUT2D eigenvalue weighted by atomic mass is 32.2. The lowest BCUT2D eigenvalue weighted by atomic mass is 10.0. The summed E-state index contributed by atoms with van der Waals surface area (Å²) >= 11 is 1.36. The number of rotatable bonds is 3. The highest BCUT2D eigenvalue weighted by Gasteiger charge is 2.34. The van der Waals surface area contributed by atoms with E-state index in [1.807, 2.05) is 6.07 Å². The molecule has 2 aliphatic heterocycles. The van der Waals surface area contributed by atoms with Crippen LogP contribution in [0.2, 0.25) is 0 Å². The van der Waals surface area contributed by atoms with E-state index >= 15 is 0 Å². The quantitative estimate of drug-likeness (QED) is 0.492. The van der Waals surface area contributed by atoms with E-state index in [1.54, 1.807) is 30.5 Å². The maximum atomic E-state index is 13.6. The monoisotopic (exact) mass is 510 g/mol. The molecule has 0 atom stereocenters. The molecule has 1 amide bonds. The topological polar surface area (TPSA) is 77.5 Å². The second-order valence-corrected chi connectivity index (χ2v) is 9.71. The zero-order valence-electron chi connectivity index (χ0n) is 19.3. The van der Waals surface area contributed by atoms with Gasteiger partial charge in [0.15, 0.2) is 5.17 Å².